The Balaban J connectivity index is 3.14. The first-order valence-corrected chi connectivity index (χ1v) is 5.24. The van der Waals surface area contributed by atoms with Crippen LogP contribution in [0.1, 0.15) is 24.2 Å². The van der Waals surface area contributed by atoms with Gasteiger partial charge in [-0.15, -0.1) is 0 Å². The minimum absolute atomic E-state index is 0.0212. The summed E-state index contributed by atoms with van der Waals surface area (Å²) in [6.07, 6.45) is 2.98. The van der Waals surface area contributed by atoms with Crippen molar-refractivity contribution in [3.05, 3.63) is 22.4 Å². The van der Waals surface area contributed by atoms with Crippen LogP contribution in [0.2, 0.25) is 0 Å². The van der Waals surface area contributed by atoms with Gasteiger partial charge in [-0.05, 0) is 29.8 Å². The predicted molar refractivity (Wildman–Crippen MR) is 59.0 cm³/mol. The van der Waals surface area contributed by atoms with E-state index in [0.717, 1.165) is 0 Å². The third kappa shape index (κ3) is 2.92. The van der Waals surface area contributed by atoms with Crippen molar-refractivity contribution < 1.29 is 14.3 Å². The third-order valence-electron chi connectivity index (χ3n) is 1.61. The van der Waals surface area contributed by atoms with Gasteiger partial charge >= 0.3 is 5.97 Å². The second kappa shape index (κ2) is 5.11. The molecule has 0 aromatic carbocycles. The zero-order valence-corrected chi connectivity index (χ0v) is 10.4. The van der Waals surface area contributed by atoms with Crippen LogP contribution >= 0.6 is 15.9 Å². The molecule has 1 heterocycles. The Labute approximate surface area is 96.7 Å². The number of hydrogen-bond donors (Lipinski definition) is 0. The molecule has 0 spiro atoms. The van der Waals surface area contributed by atoms with E-state index in [2.05, 4.69) is 25.7 Å². The van der Waals surface area contributed by atoms with E-state index in [4.69, 9.17) is 4.74 Å². The molecule has 1 aromatic heterocycles. The topological polar surface area (TPSA) is 48.4 Å². The molecule has 0 radical (unpaired) electrons. The van der Waals surface area contributed by atoms with Gasteiger partial charge in [0, 0.05) is 12.4 Å². The summed E-state index contributed by atoms with van der Waals surface area (Å²) in [6.45, 7) is 3.77. The summed E-state index contributed by atoms with van der Waals surface area (Å²) in [5, 5.41) is 0. The molecule has 0 aliphatic carbocycles. The number of esters is 1. The molecule has 1 rings (SSSR count). The van der Waals surface area contributed by atoms with Crippen LogP contribution in [-0.4, -0.2) is 24.2 Å². The molecular weight excluding hydrogens is 262 g/mol. The molecule has 0 unspecified atom stereocenters. The highest BCUT2D eigenvalue weighted by Gasteiger charge is 2.17. The standard InChI is InChI=1S/C10H12BrNO3/c1-6(2)15-9-7(10(13)14-3)4-12-5-8(9)11/h4-6H,1-3H3. The van der Waals surface area contributed by atoms with Crippen LogP contribution in [0.3, 0.4) is 0 Å². The van der Waals surface area contributed by atoms with Gasteiger partial charge in [-0.1, -0.05) is 0 Å². The lowest BCUT2D eigenvalue weighted by molar-refractivity contribution is 0.0593. The number of hydrogen-bond acceptors (Lipinski definition) is 4. The molecule has 0 bridgehead atoms. The highest BCUT2D eigenvalue weighted by molar-refractivity contribution is 9.10. The van der Waals surface area contributed by atoms with E-state index in [0.29, 0.717) is 15.8 Å². The third-order valence-corrected chi connectivity index (χ3v) is 2.18. The van der Waals surface area contributed by atoms with Gasteiger partial charge in [-0.3, -0.25) is 4.98 Å². The summed E-state index contributed by atoms with van der Waals surface area (Å²) in [4.78, 5) is 15.3. The quantitative estimate of drug-likeness (QED) is 0.794. The monoisotopic (exact) mass is 273 g/mol. The largest absolute Gasteiger partial charge is 0.489 e. The molecule has 0 aliphatic heterocycles. The van der Waals surface area contributed by atoms with E-state index >= 15 is 0 Å². The number of ether oxygens (including phenoxy) is 2. The fraction of sp³-hybridized carbons (Fsp3) is 0.400. The highest BCUT2D eigenvalue weighted by Crippen LogP contribution is 2.29. The van der Waals surface area contributed by atoms with E-state index in [-0.39, 0.29) is 6.10 Å². The fourth-order valence-corrected chi connectivity index (χ4v) is 1.46. The van der Waals surface area contributed by atoms with Crippen LogP contribution < -0.4 is 4.74 Å². The Kier molecular flexibility index (Phi) is 4.08. The number of rotatable bonds is 3. The van der Waals surface area contributed by atoms with Crippen LogP contribution in [-0.2, 0) is 4.74 Å². The maximum atomic E-state index is 11.4. The Morgan fingerprint density at radius 2 is 2.13 bits per heavy atom. The molecule has 15 heavy (non-hydrogen) atoms. The van der Waals surface area contributed by atoms with Crippen molar-refractivity contribution in [2.45, 2.75) is 20.0 Å². The summed E-state index contributed by atoms with van der Waals surface area (Å²) in [5.74, 6) is 0.00583. The van der Waals surface area contributed by atoms with Crippen molar-refractivity contribution in [2.24, 2.45) is 0 Å². The van der Waals surface area contributed by atoms with Crippen molar-refractivity contribution in [1.82, 2.24) is 4.98 Å². The molecule has 0 N–H and O–H groups in total. The zero-order valence-electron chi connectivity index (χ0n) is 8.78. The van der Waals surface area contributed by atoms with Crippen molar-refractivity contribution in [1.29, 1.82) is 0 Å². The normalized spacial score (nSPS) is 10.2. The first-order chi connectivity index (χ1) is 7.06. The number of nitrogens with zero attached hydrogens (tertiary/aromatic N) is 1. The molecular formula is C10H12BrNO3. The lowest BCUT2D eigenvalue weighted by Gasteiger charge is -2.13. The molecule has 1 aromatic rings. The Bertz CT molecular complexity index is 366. The van der Waals surface area contributed by atoms with Gasteiger partial charge in [0.1, 0.15) is 5.56 Å². The maximum absolute atomic E-state index is 11.4. The maximum Gasteiger partial charge on any atom is 0.343 e. The summed E-state index contributed by atoms with van der Waals surface area (Å²) in [6, 6.07) is 0. The van der Waals surface area contributed by atoms with E-state index in [1.54, 1.807) is 6.20 Å². The molecule has 0 saturated carbocycles. The van der Waals surface area contributed by atoms with Gasteiger partial charge < -0.3 is 9.47 Å². The SMILES string of the molecule is COC(=O)c1cncc(Br)c1OC(C)C. The number of halogens is 1. The van der Waals surface area contributed by atoms with Gasteiger partial charge in [0.05, 0.1) is 17.7 Å². The van der Waals surface area contributed by atoms with Crippen LogP contribution in [0.5, 0.6) is 5.75 Å². The summed E-state index contributed by atoms with van der Waals surface area (Å²) >= 11 is 3.28. The molecule has 0 fully saturated rings. The van der Waals surface area contributed by atoms with Gasteiger partial charge in [-0.2, -0.15) is 0 Å². The summed E-state index contributed by atoms with van der Waals surface area (Å²) in [7, 11) is 1.32. The second-order valence-corrected chi connectivity index (χ2v) is 4.01. The number of carbonyl (C=O) groups is 1. The van der Waals surface area contributed by atoms with Gasteiger partial charge in [0.25, 0.3) is 0 Å². The van der Waals surface area contributed by atoms with Crippen molar-refractivity contribution in [3.63, 3.8) is 0 Å². The lowest BCUT2D eigenvalue weighted by atomic mass is 10.2. The van der Waals surface area contributed by atoms with E-state index < -0.39 is 5.97 Å². The van der Waals surface area contributed by atoms with Crippen LogP contribution in [0.15, 0.2) is 16.9 Å². The molecule has 0 atom stereocenters. The smallest absolute Gasteiger partial charge is 0.343 e. The molecule has 0 amide bonds. The van der Waals surface area contributed by atoms with Crippen molar-refractivity contribution >= 4 is 21.9 Å². The van der Waals surface area contributed by atoms with Crippen LogP contribution in [0, 0.1) is 0 Å². The van der Waals surface area contributed by atoms with Gasteiger partial charge in [-0.25, -0.2) is 4.79 Å². The Hall–Kier alpha value is -1.10. The lowest BCUT2D eigenvalue weighted by Crippen LogP contribution is -2.12. The molecule has 82 valence electrons. The Morgan fingerprint density at radius 1 is 1.47 bits per heavy atom. The average molecular weight is 274 g/mol. The predicted octanol–water partition coefficient (Wildman–Crippen LogP) is 2.42. The number of aromatic nitrogens is 1. The zero-order chi connectivity index (χ0) is 11.4. The van der Waals surface area contributed by atoms with E-state index in [1.807, 2.05) is 13.8 Å². The minimum atomic E-state index is -0.459. The summed E-state index contributed by atoms with van der Waals surface area (Å²) < 4.78 is 10.8. The van der Waals surface area contributed by atoms with Gasteiger partial charge in [0.15, 0.2) is 5.75 Å². The Morgan fingerprint density at radius 3 is 2.67 bits per heavy atom. The van der Waals surface area contributed by atoms with Crippen LogP contribution in [0.25, 0.3) is 0 Å². The highest BCUT2D eigenvalue weighted by atomic mass is 79.9. The molecule has 0 aliphatic rings. The van der Waals surface area contributed by atoms with E-state index in [1.165, 1.54) is 13.3 Å². The van der Waals surface area contributed by atoms with Crippen molar-refractivity contribution in [2.75, 3.05) is 7.11 Å². The number of carbonyl (C=O) groups excluding carboxylic acids is 1. The summed E-state index contributed by atoms with van der Waals surface area (Å²) in [5.41, 5.74) is 0.320. The molecule has 4 nitrogen and oxygen atoms in total. The molecule has 5 heteroatoms. The average Bonchev–Trinajstić information content (AvgIpc) is 2.19. The first-order valence-electron chi connectivity index (χ1n) is 4.44. The van der Waals surface area contributed by atoms with Crippen molar-refractivity contribution in [3.8, 4) is 5.75 Å². The minimum Gasteiger partial charge on any atom is -0.489 e. The first kappa shape index (κ1) is 12.0. The van der Waals surface area contributed by atoms with Gasteiger partial charge in [0.2, 0.25) is 0 Å². The van der Waals surface area contributed by atoms with Crippen LogP contribution in [0.4, 0.5) is 0 Å². The fourth-order valence-electron chi connectivity index (χ4n) is 1.03. The second-order valence-electron chi connectivity index (χ2n) is 3.16. The number of methoxy groups -OCH3 is 1. The number of pyridine rings is 1. The molecule has 0 saturated heterocycles. The van der Waals surface area contributed by atoms with E-state index in [9.17, 15) is 4.79 Å².